The normalized spacial score (nSPS) is 16.9. The van der Waals surface area contributed by atoms with Gasteiger partial charge in [-0.05, 0) is 25.5 Å². The third kappa shape index (κ3) is 6.89. The van der Waals surface area contributed by atoms with Gasteiger partial charge in [-0.2, -0.15) is 13.2 Å². The van der Waals surface area contributed by atoms with Crippen molar-refractivity contribution in [1.82, 2.24) is 15.6 Å². The summed E-state index contributed by atoms with van der Waals surface area (Å²) in [7, 11) is 0. The zero-order chi connectivity index (χ0) is 21.7. The van der Waals surface area contributed by atoms with Crippen molar-refractivity contribution in [1.29, 1.82) is 0 Å². The molecule has 5 nitrogen and oxygen atoms in total. The van der Waals surface area contributed by atoms with Crippen molar-refractivity contribution >= 4 is 47.0 Å². The fraction of sp³-hybridized carbons (Fsp3) is 0.474. The number of nitrogens with one attached hydrogen (secondary N) is 2. The highest BCUT2D eigenvalue weighted by Crippen LogP contribution is 2.30. The molecule has 0 aliphatic carbocycles. The molecule has 1 aromatic carbocycles. The van der Waals surface area contributed by atoms with Crippen LogP contribution in [0.4, 0.5) is 27.6 Å². The second kappa shape index (κ2) is 11.2. The van der Waals surface area contributed by atoms with Gasteiger partial charge in [-0.25, -0.2) is 13.8 Å². The average molecular weight is 575 g/mol. The van der Waals surface area contributed by atoms with Gasteiger partial charge in [-0.1, -0.05) is 6.07 Å². The van der Waals surface area contributed by atoms with Crippen LogP contribution in [0, 0.1) is 11.6 Å². The number of rotatable bonds is 6. The Bertz CT molecular complexity index is 869. The van der Waals surface area contributed by atoms with E-state index in [4.69, 9.17) is 0 Å². The fourth-order valence-corrected chi connectivity index (χ4v) is 4.00. The first-order valence-corrected chi connectivity index (χ1v) is 10.4. The second-order valence-electron chi connectivity index (χ2n) is 6.78. The molecular formula is C19H23F5IN5S. The Morgan fingerprint density at radius 1 is 1.29 bits per heavy atom. The molecule has 0 amide bonds. The number of aliphatic imine (C=N–C) groups is 1. The van der Waals surface area contributed by atoms with Crippen LogP contribution in [0.25, 0.3) is 0 Å². The zero-order valence-electron chi connectivity index (χ0n) is 16.7. The molecule has 2 aromatic rings. The van der Waals surface area contributed by atoms with Crippen molar-refractivity contribution in [3.63, 3.8) is 0 Å². The summed E-state index contributed by atoms with van der Waals surface area (Å²) in [5.41, 5.74) is -0.920. The van der Waals surface area contributed by atoms with Crippen LogP contribution >= 0.6 is 35.3 Å². The maximum absolute atomic E-state index is 14.0. The monoisotopic (exact) mass is 575 g/mol. The lowest BCUT2D eigenvalue weighted by molar-refractivity contribution is -0.140. The number of alkyl halides is 3. The first kappa shape index (κ1) is 25.6. The van der Waals surface area contributed by atoms with Crippen LogP contribution in [-0.2, 0) is 12.6 Å². The Morgan fingerprint density at radius 3 is 2.61 bits per heavy atom. The van der Waals surface area contributed by atoms with E-state index in [2.05, 4.69) is 20.6 Å². The van der Waals surface area contributed by atoms with Gasteiger partial charge in [0.2, 0.25) is 0 Å². The van der Waals surface area contributed by atoms with Gasteiger partial charge in [-0.15, -0.1) is 35.3 Å². The summed E-state index contributed by atoms with van der Waals surface area (Å²) in [6, 6.07) is 3.72. The number of thiazole rings is 1. The standard InChI is InChI=1S/C19H22F5N5S.HI/c1-2-25-18(26-8-6-16-28-15(11-30-16)19(22,23)24)27-12-7-9-29(10-12)17-13(20)4-3-5-14(17)21;/h3-5,11-12H,2,6-10H2,1H3,(H2,25,26,27);1H. The summed E-state index contributed by atoms with van der Waals surface area (Å²) in [6.45, 7) is 3.65. The van der Waals surface area contributed by atoms with Gasteiger partial charge >= 0.3 is 6.18 Å². The Balaban J connectivity index is 0.00000341. The Morgan fingerprint density at radius 2 is 2.00 bits per heavy atom. The van der Waals surface area contributed by atoms with Gasteiger partial charge < -0.3 is 15.5 Å². The predicted molar refractivity (Wildman–Crippen MR) is 122 cm³/mol. The van der Waals surface area contributed by atoms with Crippen LogP contribution in [0.5, 0.6) is 0 Å². The lowest BCUT2D eigenvalue weighted by Gasteiger charge is -2.21. The Labute approximate surface area is 198 Å². The van der Waals surface area contributed by atoms with Gasteiger partial charge in [0.1, 0.15) is 17.3 Å². The smallest absolute Gasteiger partial charge is 0.365 e. The highest BCUT2D eigenvalue weighted by molar-refractivity contribution is 14.0. The van der Waals surface area contributed by atoms with Crippen LogP contribution in [0.3, 0.4) is 0 Å². The third-order valence-electron chi connectivity index (χ3n) is 4.56. The average Bonchev–Trinajstić information content (AvgIpc) is 3.31. The quantitative estimate of drug-likeness (QED) is 0.232. The number of hydrogen-bond donors (Lipinski definition) is 2. The van der Waals surface area contributed by atoms with Gasteiger partial charge in [0.15, 0.2) is 11.7 Å². The minimum Gasteiger partial charge on any atom is -0.365 e. The van der Waals surface area contributed by atoms with E-state index in [9.17, 15) is 22.0 Å². The van der Waals surface area contributed by atoms with E-state index in [1.807, 2.05) is 6.92 Å². The van der Waals surface area contributed by atoms with Crippen molar-refractivity contribution in [2.24, 2.45) is 4.99 Å². The SMILES string of the molecule is CCNC(=NCCc1nc(C(F)(F)F)cs1)NC1CCN(c2c(F)cccc2F)C1.I. The van der Waals surface area contributed by atoms with Crippen LogP contribution < -0.4 is 15.5 Å². The second-order valence-corrected chi connectivity index (χ2v) is 7.72. The summed E-state index contributed by atoms with van der Waals surface area (Å²) in [4.78, 5) is 9.64. The lowest BCUT2D eigenvalue weighted by atomic mass is 10.2. The first-order valence-electron chi connectivity index (χ1n) is 9.53. The highest BCUT2D eigenvalue weighted by atomic mass is 127. The van der Waals surface area contributed by atoms with E-state index < -0.39 is 23.5 Å². The molecule has 0 radical (unpaired) electrons. The number of nitrogens with zero attached hydrogens (tertiary/aromatic N) is 3. The summed E-state index contributed by atoms with van der Waals surface area (Å²) >= 11 is 0.956. The molecule has 0 bridgehead atoms. The fourth-order valence-electron chi connectivity index (χ4n) is 3.20. The Hall–Kier alpha value is -1.70. The van der Waals surface area contributed by atoms with Gasteiger partial charge in [0, 0.05) is 44.0 Å². The first-order chi connectivity index (χ1) is 14.3. The van der Waals surface area contributed by atoms with Gasteiger partial charge in [0.05, 0.1) is 5.01 Å². The van der Waals surface area contributed by atoms with E-state index in [-0.39, 0.29) is 48.7 Å². The predicted octanol–water partition coefficient (Wildman–Crippen LogP) is 4.43. The lowest BCUT2D eigenvalue weighted by Crippen LogP contribution is -2.44. The number of guanidine groups is 1. The molecule has 1 aliphatic heterocycles. The third-order valence-corrected chi connectivity index (χ3v) is 5.47. The van der Waals surface area contributed by atoms with Crippen LogP contribution in [0.2, 0.25) is 0 Å². The molecule has 172 valence electrons. The van der Waals surface area contributed by atoms with Crippen molar-refractivity contribution in [2.75, 3.05) is 31.1 Å². The summed E-state index contributed by atoms with van der Waals surface area (Å²) in [5.74, 6) is -0.693. The number of anilines is 1. The summed E-state index contributed by atoms with van der Waals surface area (Å²) < 4.78 is 65.9. The summed E-state index contributed by atoms with van der Waals surface area (Å²) in [5, 5.41) is 7.67. The molecule has 31 heavy (non-hydrogen) atoms. The van der Waals surface area contributed by atoms with E-state index in [1.165, 1.54) is 18.2 Å². The molecule has 1 atom stereocenters. The number of halogens is 6. The molecule has 12 heteroatoms. The maximum atomic E-state index is 14.0. The van der Waals surface area contributed by atoms with Gasteiger partial charge in [0.25, 0.3) is 0 Å². The topological polar surface area (TPSA) is 52.6 Å². The summed E-state index contributed by atoms with van der Waals surface area (Å²) in [6.07, 6.45) is -3.49. The number of hydrogen-bond acceptors (Lipinski definition) is 4. The molecule has 1 saturated heterocycles. The molecule has 1 aromatic heterocycles. The van der Waals surface area contributed by atoms with Crippen LogP contribution in [-0.4, -0.2) is 43.2 Å². The van der Waals surface area contributed by atoms with E-state index in [0.717, 1.165) is 16.7 Å². The highest BCUT2D eigenvalue weighted by Gasteiger charge is 2.33. The molecule has 0 saturated carbocycles. The van der Waals surface area contributed by atoms with Crippen molar-refractivity contribution in [3.05, 3.63) is 45.9 Å². The molecule has 0 spiro atoms. The van der Waals surface area contributed by atoms with Crippen LogP contribution in [0.15, 0.2) is 28.6 Å². The molecule has 1 aliphatic rings. The number of benzene rings is 1. The zero-order valence-corrected chi connectivity index (χ0v) is 19.8. The van der Waals surface area contributed by atoms with Crippen molar-refractivity contribution in [3.8, 4) is 0 Å². The van der Waals surface area contributed by atoms with Crippen molar-refractivity contribution < 1.29 is 22.0 Å². The van der Waals surface area contributed by atoms with Crippen molar-refractivity contribution in [2.45, 2.75) is 32.0 Å². The molecular weight excluding hydrogens is 552 g/mol. The molecule has 1 fully saturated rings. The van der Waals surface area contributed by atoms with Crippen LogP contribution in [0.1, 0.15) is 24.0 Å². The van der Waals surface area contributed by atoms with Gasteiger partial charge in [-0.3, -0.25) is 4.99 Å². The largest absolute Gasteiger partial charge is 0.434 e. The molecule has 3 rings (SSSR count). The minimum atomic E-state index is -4.44. The van der Waals surface area contributed by atoms with E-state index in [1.54, 1.807) is 4.90 Å². The molecule has 1 unspecified atom stereocenters. The van der Waals surface area contributed by atoms with E-state index in [0.29, 0.717) is 37.0 Å². The Kier molecular flexibility index (Phi) is 9.28. The number of aromatic nitrogens is 1. The van der Waals surface area contributed by atoms with E-state index >= 15 is 0 Å². The molecule has 2 heterocycles. The minimum absolute atomic E-state index is 0. The maximum Gasteiger partial charge on any atom is 0.434 e. The number of para-hydroxylation sites is 1. The molecule has 2 N–H and O–H groups in total.